The molecule has 3 aliphatic heterocycles. The molecule has 35 heteroatoms. The maximum atomic E-state index is 13.2. The molecule has 15 rings (SSSR count). The van der Waals surface area contributed by atoms with Crippen molar-refractivity contribution in [2.45, 2.75) is 109 Å². The van der Waals surface area contributed by atoms with Gasteiger partial charge in [0.15, 0.2) is 16.9 Å². The molecule has 0 bridgehead atoms. The number of alkyl halides is 6. The molecule has 6 aromatic heterocycles. The number of aryl methyl sites for hydroxylation is 1. The van der Waals surface area contributed by atoms with Crippen LogP contribution in [0.2, 0.25) is 0 Å². The Morgan fingerprint density at radius 1 is 0.431 bits per heavy atom. The molecule has 642 valence electrons. The average molecular weight is 1690 g/mol. The molecular formula is C88H92F6N18O11. The van der Waals surface area contributed by atoms with E-state index in [1.54, 1.807) is 4.57 Å². The lowest BCUT2D eigenvalue weighted by molar-refractivity contribution is -0.275. The lowest BCUT2D eigenvalue weighted by Crippen LogP contribution is -2.37. The van der Waals surface area contributed by atoms with Crippen LogP contribution in [0.15, 0.2) is 197 Å². The molecular weight excluding hydrogens is 1600 g/mol. The number of nitrogens with zero attached hydrogens (tertiary/aromatic N) is 12. The lowest BCUT2D eigenvalue weighted by atomic mass is 9.89. The van der Waals surface area contributed by atoms with E-state index in [9.17, 15) is 55.1 Å². The van der Waals surface area contributed by atoms with E-state index in [0.717, 1.165) is 125 Å². The maximum Gasteiger partial charge on any atom is 0.573 e. The Hall–Kier alpha value is -13.1. The molecule has 3 fully saturated rings. The fourth-order valence-electron chi connectivity index (χ4n) is 15.1. The zero-order chi connectivity index (χ0) is 87.2. The highest BCUT2D eigenvalue weighted by Crippen LogP contribution is 2.35. The summed E-state index contributed by atoms with van der Waals surface area (Å²) in [4.78, 5) is 125. The smallest absolute Gasteiger partial charge is 0.406 e. The molecule has 29 nitrogen and oxygen atoms in total. The fourth-order valence-corrected chi connectivity index (χ4v) is 15.1. The number of amides is 3. The van der Waals surface area contributed by atoms with Crippen molar-refractivity contribution >= 4 is 85.7 Å². The number of nitrogens with one attached hydrogen (secondary N) is 6. The Morgan fingerprint density at radius 2 is 0.732 bits per heavy atom. The SMILES string of the molecule is CCN1CCC(c2ccc(Nc3ncc4c(=O)c(C(=O)NOC)cn(-c5ccc(OC(F)(F)F)cc5)c4n3)cc2)CC1.CCc1ccc(-n2cc(C(=O)NOC)c(=O)c3cnc(Nc4ccc(C5CCN(C(C)C)CC5)cc4)nc32)cc1.CONC(=O)c1cn(-c2ccc(OC(F)(F)F)cc2)c2nc(Nc3ccc(C4CCN(C)CC4)cc3)ncc2c1=O. The zero-order valence-electron chi connectivity index (χ0n) is 68.7. The first kappa shape index (κ1) is 87.7. The average Bonchev–Trinajstić information content (AvgIpc) is 0.915. The number of carbonyl (C=O) groups excluding carboxylic acids is 3. The molecule has 0 atom stereocenters. The van der Waals surface area contributed by atoms with Crippen molar-refractivity contribution < 1.29 is 64.7 Å². The first-order valence-corrected chi connectivity index (χ1v) is 40.0. The van der Waals surface area contributed by atoms with Gasteiger partial charge in [-0.1, -0.05) is 62.4 Å². The summed E-state index contributed by atoms with van der Waals surface area (Å²) in [6.07, 6.45) is 5.99. The maximum absolute atomic E-state index is 13.2. The lowest BCUT2D eigenvalue weighted by Gasteiger charge is -2.34. The second kappa shape index (κ2) is 39.2. The third-order valence-electron chi connectivity index (χ3n) is 21.8. The van der Waals surface area contributed by atoms with Gasteiger partial charge in [-0.25, -0.2) is 31.4 Å². The number of halogens is 6. The predicted molar refractivity (Wildman–Crippen MR) is 453 cm³/mol. The van der Waals surface area contributed by atoms with Crippen molar-refractivity contribution in [3.8, 4) is 28.6 Å². The van der Waals surface area contributed by atoms with Gasteiger partial charge in [-0.15, -0.1) is 26.3 Å². The summed E-state index contributed by atoms with van der Waals surface area (Å²) in [5.41, 5.74) is 13.6. The van der Waals surface area contributed by atoms with E-state index in [-0.39, 0.29) is 56.0 Å². The monoisotopic (exact) mass is 1690 g/mol. The van der Waals surface area contributed by atoms with E-state index in [2.05, 4.69) is 162 Å². The van der Waals surface area contributed by atoms with E-state index < -0.39 is 58.2 Å². The molecule has 3 aliphatic rings. The van der Waals surface area contributed by atoms with E-state index in [1.165, 1.54) is 127 Å². The Labute approximate surface area is 702 Å². The number of ether oxygens (including phenoxy) is 2. The van der Waals surface area contributed by atoms with Gasteiger partial charge < -0.3 is 53.8 Å². The number of hydrogen-bond acceptors (Lipinski definition) is 23. The van der Waals surface area contributed by atoms with Gasteiger partial charge in [0.2, 0.25) is 34.1 Å². The minimum atomic E-state index is -4.85. The standard InChI is InChI=1S/C31H36N6O3.C29H29F3N6O4.C28H27F3N6O4/c1-5-21-6-12-25(13-7-21)37-19-27(30(39)35-40-4)28(38)26-18-32-31(34-29(26)37)33-24-10-8-22(9-11-24)23-14-16-36(17-15-23)20(2)3;1-3-37-14-12-19(13-15-37)18-4-6-20(7-5-18)34-28-33-16-23-25(39)24(27(40)36-41-2)17-38(26(23)35-28)21-8-10-22(11-9-21)42-29(30,31)32;1-36-13-11-18(12-14-36)17-3-5-19(6-4-17)33-27-32-15-22-24(38)23(26(39)35-40-2)16-37(25(22)34-27)20-7-9-21(10-8-20)41-28(29,30)31/h6-13,18-20,23H,5,14-17H2,1-4H3,(H,35,39)(H,32,33,34);4-11,16-17,19H,3,12-15H2,1-2H3,(H,36,40)(H,33,34,35);3-10,15-16,18H,11-14H2,1-2H3,(H,35,39)(H,32,33,34). The summed E-state index contributed by atoms with van der Waals surface area (Å²) in [5.74, 6) is -0.795. The molecule has 0 spiro atoms. The Morgan fingerprint density at radius 3 is 1.02 bits per heavy atom. The molecule has 123 heavy (non-hydrogen) atoms. The van der Waals surface area contributed by atoms with Crippen LogP contribution in [0.4, 0.5) is 61.2 Å². The third-order valence-corrected chi connectivity index (χ3v) is 21.8. The Balaban J connectivity index is 0.000000159. The number of anilines is 6. The van der Waals surface area contributed by atoms with Gasteiger partial charge in [0.05, 0.1) is 37.5 Å². The quantitative estimate of drug-likeness (QED) is 0.0256. The second-order valence-corrected chi connectivity index (χ2v) is 30.0. The molecule has 0 radical (unpaired) electrons. The second-order valence-electron chi connectivity index (χ2n) is 30.0. The summed E-state index contributed by atoms with van der Waals surface area (Å²) in [6, 6.07) is 42.9. The van der Waals surface area contributed by atoms with Crippen LogP contribution in [0.1, 0.15) is 137 Å². The van der Waals surface area contributed by atoms with Crippen molar-refractivity contribution in [3.05, 3.63) is 252 Å². The zero-order valence-corrected chi connectivity index (χ0v) is 68.7. The molecule has 9 heterocycles. The number of likely N-dealkylation sites (tertiary alicyclic amines) is 3. The molecule has 0 unspecified atom stereocenters. The molecule has 6 N–H and O–H groups in total. The van der Waals surface area contributed by atoms with Gasteiger partial charge in [-0.2, -0.15) is 15.0 Å². The highest BCUT2D eigenvalue weighted by atomic mass is 19.4. The minimum Gasteiger partial charge on any atom is -0.406 e. The van der Waals surface area contributed by atoms with Crippen LogP contribution < -0.4 is 58.2 Å². The number of pyridine rings is 3. The van der Waals surface area contributed by atoms with Crippen molar-refractivity contribution in [2.24, 2.45) is 0 Å². The summed E-state index contributed by atoms with van der Waals surface area (Å²) >= 11 is 0. The summed E-state index contributed by atoms with van der Waals surface area (Å²) < 4.78 is 88.4. The molecule has 3 amide bonds. The van der Waals surface area contributed by atoms with Gasteiger partial charge >= 0.3 is 12.7 Å². The van der Waals surface area contributed by atoms with Crippen LogP contribution in [0.5, 0.6) is 11.5 Å². The molecule has 0 aliphatic carbocycles. The van der Waals surface area contributed by atoms with E-state index in [1.807, 2.05) is 60.7 Å². The summed E-state index contributed by atoms with van der Waals surface area (Å²) in [5, 5.41) is 9.83. The van der Waals surface area contributed by atoms with Crippen LogP contribution in [0, 0.1) is 0 Å². The third kappa shape index (κ3) is 21.8. The Kier molecular flexibility index (Phi) is 28.0. The van der Waals surface area contributed by atoms with Gasteiger partial charge in [-0.05, 0) is 249 Å². The topological polar surface area (TPSA) is 323 Å². The molecule has 6 aromatic carbocycles. The van der Waals surface area contributed by atoms with Gasteiger partial charge in [0, 0.05) is 77.3 Å². The first-order valence-electron chi connectivity index (χ1n) is 40.0. The number of rotatable bonds is 23. The number of carbonyl (C=O) groups is 3. The Bertz CT molecular complexity index is 5900. The van der Waals surface area contributed by atoms with Gasteiger partial charge in [0.1, 0.15) is 28.2 Å². The highest BCUT2D eigenvalue weighted by Gasteiger charge is 2.33. The molecule has 12 aromatic rings. The highest BCUT2D eigenvalue weighted by molar-refractivity contribution is 5.98. The van der Waals surface area contributed by atoms with Crippen LogP contribution in [-0.4, -0.2) is 169 Å². The van der Waals surface area contributed by atoms with Crippen LogP contribution in [0.3, 0.4) is 0 Å². The number of aromatic nitrogens is 9. The number of hydroxylamine groups is 3. The van der Waals surface area contributed by atoms with Crippen molar-refractivity contribution in [2.75, 3.05) is 90.1 Å². The number of hydrogen-bond donors (Lipinski definition) is 6. The molecule has 3 saturated heterocycles. The largest absolute Gasteiger partial charge is 0.573 e. The van der Waals surface area contributed by atoms with E-state index in [0.29, 0.717) is 46.8 Å². The number of piperidine rings is 3. The van der Waals surface area contributed by atoms with Crippen LogP contribution in [-0.2, 0) is 20.9 Å². The molecule has 0 saturated carbocycles. The van der Waals surface area contributed by atoms with Crippen molar-refractivity contribution in [1.82, 2.24) is 74.7 Å². The van der Waals surface area contributed by atoms with Gasteiger partial charge in [-0.3, -0.25) is 43.3 Å². The van der Waals surface area contributed by atoms with E-state index in [4.69, 9.17) is 9.82 Å². The fraction of sp³-hybridized carbons (Fsp3) is 0.318. The van der Waals surface area contributed by atoms with Crippen molar-refractivity contribution in [1.29, 1.82) is 0 Å². The predicted octanol–water partition coefficient (Wildman–Crippen LogP) is 14.4. The summed E-state index contributed by atoms with van der Waals surface area (Å²) in [7, 11) is 5.89. The van der Waals surface area contributed by atoms with Gasteiger partial charge in [0.25, 0.3) is 17.7 Å². The summed E-state index contributed by atoms with van der Waals surface area (Å²) in [6.45, 7) is 16.4. The number of fused-ring (bicyclic) bond motifs is 3. The first-order chi connectivity index (χ1) is 59.1. The number of benzene rings is 6. The van der Waals surface area contributed by atoms with Crippen LogP contribution >= 0.6 is 0 Å². The normalized spacial score (nSPS) is 14.6. The minimum absolute atomic E-state index is 0.0209. The van der Waals surface area contributed by atoms with E-state index >= 15 is 0 Å². The van der Waals surface area contributed by atoms with Crippen LogP contribution in [0.25, 0.3) is 50.2 Å². The van der Waals surface area contributed by atoms with Crippen molar-refractivity contribution in [3.63, 3.8) is 0 Å².